The van der Waals surface area contributed by atoms with Crippen LogP contribution in [0.25, 0.3) is 10.8 Å². The highest BCUT2D eigenvalue weighted by Crippen LogP contribution is 2.48. The van der Waals surface area contributed by atoms with E-state index in [0.717, 1.165) is 18.7 Å². The summed E-state index contributed by atoms with van der Waals surface area (Å²) in [5.41, 5.74) is -4.18. The van der Waals surface area contributed by atoms with Crippen molar-refractivity contribution in [3.05, 3.63) is 42.5 Å². The molecule has 1 saturated heterocycles. The van der Waals surface area contributed by atoms with Gasteiger partial charge in [0, 0.05) is 30.7 Å². The van der Waals surface area contributed by atoms with E-state index in [-0.39, 0.29) is 56.3 Å². The largest absolute Gasteiger partial charge is 0.481 e. The van der Waals surface area contributed by atoms with Crippen LogP contribution in [0.2, 0.25) is 0 Å². The van der Waals surface area contributed by atoms with Crippen molar-refractivity contribution in [3.63, 3.8) is 0 Å². The molecule has 18 heteroatoms. The summed E-state index contributed by atoms with van der Waals surface area (Å²) in [6, 6.07) is 5.69. The van der Waals surface area contributed by atoms with Crippen molar-refractivity contribution in [1.82, 2.24) is 24.8 Å². The predicted octanol–water partition coefficient (Wildman–Crippen LogP) is 5.21. The Balaban J connectivity index is 1.43. The fourth-order valence-corrected chi connectivity index (χ4v) is 9.73. The molecule has 0 unspecified atom stereocenters. The number of carboxylic acid groups (broad SMARTS) is 1. The number of carbonyl (C=O) groups excluding carboxylic acids is 3. The van der Waals surface area contributed by atoms with E-state index in [0.29, 0.717) is 35.4 Å². The number of aromatic nitrogens is 1. The summed E-state index contributed by atoms with van der Waals surface area (Å²) in [5.74, 6) is -7.75. The third kappa shape index (κ3) is 7.92. The van der Waals surface area contributed by atoms with Gasteiger partial charge in [-0.05, 0) is 75.7 Å². The van der Waals surface area contributed by atoms with E-state index in [1.165, 1.54) is 7.11 Å². The van der Waals surface area contributed by atoms with Gasteiger partial charge in [0.2, 0.25) is 33.6 Å². The van der Waals surface area contributed by atoms with Crippen LogP contribution in [0.5, 0.6) is 11.8 Å². The van der Waals surface area contributed by atoms with Gasteiger partial charge in [0.25, 0.3) is 11.8 Å². The normalized spacial score (nSPS) is 29.5. The van der Waals surface area contributed by atoms with Crippen molar-refractivity contribution in [2.75, 3.05) is 20.3 Å². The van der Waals surface area contributed by atoms with Gasteiger partial charge in [-0.2, -0.15) is 4.98 Å². The lowest BCUT2D eigenvalue weighted by molar-refractivity contribution is -0.156. The topological polar surface area (TPSA) is 185 Å². The van der Waals surface area contributed by atoms with Gasteiger partial charge in [0.15, 0.2) is 0 Å². The predicted molar refractivity (Wildman–Crippen MR) is 206 cm³/mol. The van der Waals surface area contributed by atoms with Crippen LogP contribution in [0.15, 0.2) is 42.5 Å². The molecule has 318 valence electrons. The van der Waals surface area contributed by atoms with Crippen molar-refractivity contribution >= 4 is 44.6 Å². The Hall–Kier alpha value is -4.61. The number of nitrogens with one attached hydrogen (secondary N) is 2. The Labute approximate surface area is 335 Å². The average molecular weight is 836 g/mol. The Kier molecular flexibility index (Phi) is 11.5. The number of carbonyl (C=O) groups is 4. The van der Waals surface area contributed by atoms with Crippen molar-refractivity contribution in [2.24, 2.45) is 17.8 Å². The molecule has 0 bridgehead atoms. The summed E-state index contributed by atoms with van der Waals surface area (Å²) in [6.45, 7) is 4.68. The van der Waals surface area contributed by atoms with Crippen LogP contribution in [-0.4, -0.2) is 112 Å². The maximum atomic E-state index is 15.4. The second-order valence-electron chi connectivity index (χ2n) is 17.1. The number of hydrogen-bond donors (Lipinski definition) is 3. The number of sulfonamides is 1. The van der Waals surface area contributed by atoms with E-state index in [9.17, 15) is 32.3 Å². The van der Waals surface area contributed by atoms with Crippen molar-refractivity contribution in [3.8, 4) is 11.8 Å². The lowest BCUT2D eigenvalue weighted by Crippen LogP contribution is -2.66. The molecule has 1 aromatic carbocycles. The lowest BCUT2D eigenvalue weighted by Gasteiger charge is -2.47. The number of allylic oxidation sites excluding steroid dienone is 1. The second-order valence-corrected chi connectivity index (χ2v) is 19.1. The zero-order chi connectivity index (χ0) is 42.6. The molecule has 2 aromatic rings. The van der Waals surface area contributed by atoms with E-state index in [2.05, 4.69) is 10.3 Å². The first-order valence-corrected chi connectivity index (χ1v) is 21.0. The number of amides is 4. The van der Waals surface area contributed by atoms with Gasteiger partial charge >= 0.3 is 6.09 Å². The molecule has 3 fully saturated rings. The molecule has 0 radical (unpaired) electrons. The van der Waals surface area contributed by atoms with Gasteiger partial charge in [-0.15, -0.1) is 0 Å². The highest BCUT2D eigenvalue weighted by atomic mass is 32.2. The molecule has 7 atom stereocenters. The standard InChI is InChI=1S/C40H52F3N5O9S/c1-23-11-7-9-13-26-20-40(26,35(51)46-58(54,55)39(22-41)15-16-39)45-32(49)29-19-27(57-33-28-14-10-8-12-25(28)18-30(44-33)56-6)21-47(29)34(50)31(24(2)17-23)48(36(52)53)37(3,4)38(5,42)43/h8-10,12-14,18,23-24,26-27,29,31H,7,11,15-17,19-22H2,1-6H3,(H,45,49)(H,46,51)(H,52,53)/b13-9-/t23-,24+,26+,27+,29-,31-,40+/m0/s1. The summed E-state index contributed by atoms with van der Waals surface area (Å²) in [7, 11) is -3.05. The number of benzene rings is 1. The fourth-order valence-electron chi connectivity index (χ4n) is 8.31. The lowest BCUT2D eigenvalue weighted by atomic mass is 9.84. The van der Waals surface area contributed by atoms with Gasteiger partial charge < -0.3 is 24.8 Å². The Bertz CT molecular complexity index is 2090. The molecule has 2 aliphatic heterocycles. The number of alkyl halides is 3. The summed E-state index contributed by atoms with van der Waals surface area (Å²) in [6.07, 6.45) is 1.91. The molecular formula is C40H52F3N5O9S. The summed E-state index contributed by atoms with van der Waals surface area (Å²) < 4.78 is 83.0. The first-order chi connectivity index (χ1) is 27.1. The van der Waals surface area contributed by atoms with Gasteiger partial charge in [-0.1, -0.05) is 44.2 Å². The number of ether oxygens (including phenoxy) is 2. The molecular weight excluding hydrogens is 784 g/mol. The van der Waals surface area contributed by atoms with E-state index < -0.39 is 92.3 Å². The monoisotopic (exact) mass is 835 g/mol. The third-order valence-electron chi connectivity index (χ3n) is 12.6. The molecule has 3 N–H and O–H groups in total. The summed E-state index contributed by atoms with van der Waals surface area (Å²) >= 11 is 0. The van der Waals surface area contributed by atoms with Crippen LogP contribution < -0.4 is 19.5 Å². The van der Waals surface area contributed by atoms with Crippen molar-refractivity contribution in [1.29, 1.82) is 0 Å². The van der Waals surface area contributed by atoms with E-state index >= 15 is 13.6 Å². The first kappa shape index (κ1) is 43.0. The number of halogens is 3. The maximum Gasteiger partial charge on any atom is 0.408 e. The zero-order valence-corrected chi connectivity index (χ0v) is 34.3. The Morgan fingerprint density at radius 1 is 1.14 bits per heavy atom. The SMILES string of the molecule is COc1cc2ccccc2c(O[C@@H]2C[C@H]3C(=O)N[C@]4(C(=O)NS(=O)(=O)C5(CF)CC5)C[C@H]4/C=C\CC[C@H](C)C[C@@H](C)[C@H](N(C(=O)O)C(C)(C)C(C)(F)F)C(=O)N3C2)n1. The minimum Gasteiger partial charge on any atom is -0.481 e. The molecule has 4 aliphatic rings. The number of methoxy groups -OCH3 is 1. The van der Waals surface area contributed by atoms with Gasteiger partial charge in [0.1, 0.15) is 40.7 Å². The third-order valence-corrected chi connectivity index (χ3v) is 14.7. The number of fused-ring (bicyclic) bond motifs is 3. The van der Waals surface area contributed by atoms with Crippen LogP contribution in [0.1, 0.15) is 79.6 Å². The van der Waals surface area contributed by atoms with Crippen LogP contribution in [-0.2, 0) is 24.4 Å². The highest BCUT2D eigenvalue weighted by Gasteiger charge is 2.64. The molecule has 0 spiro atoms. The molecule has 6 rings (SSSR count). The minimum absolute atomic E-state index is 0.00130. The second kappa shape index (κ2) is 15.5. The molecule has 2 saturated carbocycles. The minimum atomic E-state index is -4.47. The van der Waals surface area contributed by atoms with Crippen LogP contribution in [0.4, 0.5) is 18.0 Å². The van der Waals surface area contributed by atoms with Crippen molar-refractivity contribution in [2.45, 2.75) is 119 Å². The molecule has 14 nitrogen and oxygen atoms in total. The molecule has 1 aromatic heterocycles. The van der Waals surface area contributed by atoms with Crippen molar-refractivity contribution < 1.29 is 55.3 Å². The van der Waals surface area contributed by atoms with Gasteiger partial charge in [-0.25, -0.2) is 26.4 Å². The molecule has 4 amide bonds. The number of pyridine rings is 1. The fraction of sp³-hybridized carbons (Fsp3) is 0.625. The van der Waals surface area contributed by atoms with E-state index in [1.54, 1.807) is 43.3 Å². The quantitative estimate of drug-likeness (QED) is 0.269. The van der Waals surface area contributed by atoms with Gasteiger partial charge in [-0.3, -0.25) is 24.0 Å². The number of nitrogens with zero attached hydrogens (tertiary/aromatic N) is 3. The smallest absolute Gasteiger partial charge is 0.408 e. The van der Waals surface area contributed by atoms with Crippen LogP contribution >= 0.6 is 0 Å². The summed E-state index contributed by atoms with van der Waals surface area (Å²) in [4.78, 5) is 62.8. The molecule has 58 heavy (non-hydrogen) atoms. The van der Waals surface area contributed by atoms with Crippen LogP contribution in [0, 0.1) is 17.8 Å². The maximum absolute atomic E-state index is 15.4. The molecule has 3 heterocycles. The Morgan fingerprint density at radius 3 is 2.45 bits per heavy atom. The first-order valence-electron chi connectivity index (χ1n) is 19.5. The van der Waals surface area contributed by atoms with Crippen LogP contribution in [0.3, 0.4) is 0 Å². The summed E-state index contributed by atoms with van der Waals surface area (Å²) in [5, 5.41) is 14.6. The Morgan fingerprint density at radius 2 is 1.83 bits per heavy atom. The van der Waals surface area contributed by atoms with E-state index in [1.807, 2.05) is 17.7 Å². The average Bonchev–Trinajstić information content (AvgIpc) is 4.05. The zero-order valence-electron chi connectivity index (χ0n) is 33.5. The molecule has 2 aliphatic carbocycles. The number of rotatable bonds is 10. The number of hydrogen-bond acceptors (Lipinski definition) is 9. The van der Waals surface area contributed by atoms with Gasteiger partial charge in [0.05, 0.1) is 13.7 Å². The van der Waals surface area contributed by atoms with E-state index in [4.69, 9.17) is 9.47 Å². The highest BCUT2D eigenvalue weighted by molar-refractivity contribution is 7.91.